The summed E-state index contributed by atoms with van der Waals surface area (Å²) in [5.41, 5.74) is 0.743. The molecule has 3 rings (SSSR count). The Hall–Kier alpha value is -2.64. The van der Waals surface area contributed by atoms with Gasteiger partial charge in [-0.2, -0.15) is 0 Å². The highest BCUT2D eigenvalue weighted by atomic mass is 16.6. The molecule has 2 amide bonds. The Morgan fingerprint density at radius 1 is 1.38 bits per heavy atom. The Balaban J connectivity index is 1.57. The van der Waals surface area contributed by atoms with Crippen molar-refractivity contribution in [2.45, 2.75) is 26.3 Å². The average Bonchev–Trinajstić information content (AvgIpc) is 3.03. The second-order valence-corrected chi connectivity index (χ2v) is 5.75. The molecule has 0 aliphatic carbocycles. The van der Waals surface area contributed by atoms with Gasteiger partial charge in [0.1, 0.15) is 0 Å². The number of amides is 2. The van der Waals surface area contributed by atoms with Crippen LogP contribution in [0.3, 0.4) is 0 Å². The van der Waals surface area contributed by atoms with E-state index in [-0.39, 0.29) is 17.9 Å². The summed E-state index contributed by atoms with van der Waals surface area (Å²) in [6.45, 7) is 3.45. The van der Waals surface area contributed by atoms with Gasteiger partial charge in [0.05, 0.1) is 19.1 Å². The Morgan fingerprint density at radius 2 is 2.25 bits per heavy atom. The first-order valence-corrected chi connectivity index (χ1v) is 8.17. The Kier molecular flexibility index (Phi) is 4.93. The van der Waals surface area contributed by atoms with E-state index in [1.54, 1.807) is 11.8 Å². The maximum atomic E-state index is 12.4. The van der Waals surface area contributed by atoms with E-state index in [1.807, 2.05) is 28.8 Å². The molecule has 128 valence electrons. The molecule has 1 saturated heterocycles. The van der Waals surface area contributed by atoms with Gasteiger partial charge in [0.25, 0.3) is 0 Å². The van der Waals surface area contributed by atoms with Crippen LogP contribution in [0.25, 0.3) is 5.65 Å². The fourth-order valence-corrected chi connectivity index (χ4v) is 2.89. The van der Waals surface area contributed by atoms with Crippen molar-refractivity contribution in [2.75, 3.05) is 19.7 Å². The molecule has 3 heterocycles. The maximum Gasteiger partial charge on any atom is 0.409 e. The Morgan fingerprint density at radius 3 is 3.08 bits per heavy atom. The Bertz CT molecular complexity index is 729. The van der Waals surface area contributed by atoms with Gasteiger partial charge in [-0.3, -0.25) is 9.20 Å². The molecule has 0 saturated carbocycles. The second kappa shape index (κ2) is 7.29. The molecule has 2 aromatic rings. The van der Waals surface area contributed by atoms with Gasteiger partial charge in [-0.25, -0.2) is 4.79 Å². The number of piperidine rings is 1. The molecule has 8 heteroatoms. The molecule has 2 aromatic heterocycles. The number of rotatable bonds is 4. The van der Waals surface area contributed by atoms with Gasteiger partial charge in [-0.05, 0) is 31.9 Å². The van der Waals surface area contributed by atoms with Crippen LogP contribution in [0.5, 0.6) is 0 Å². The minimum Gasteiger partial charge on any atom is -0.450 e. The van der Waals surface area contributed by atoms with Crippen molar-refractivity contribution >= 4 is 17.6 Å². The van der Waals surface area contributed by atoms with Gasteiger partial charge in [-0.15, -0.1) is 10.2 Å². The number of carbonyl (C=O) groups is 2. The van der Waals surface area contributed by atoms with E-state index in [1.165, 1.54) is 0 Å². The SMILES string of the molecule is CCOC(=O)N1CCCC(C(=O)NCc2nnc3ccccn23)C1. The molecule has 0 radical (unpaired) electrons. The van der Waals surface area contributed by atoms with E-state index >= 15 is 0 Å². The lowest BCUT2D eigenvalue weighted by Crippen LogP contribution is -2.45. The monoisotopic (exact) mass is 331 g/mol. The number of aromatic nitrogens is 3. The van der Waals surface area contributed by atoms with Crippen LogP contribution in [0.15, 0.2) is 24.4 Å². The average molecular weight is 331 g/mol. The summed E-state index contributed by atoms with van der Waals surface area (Å²) >= 11 is 0. The lowest BCUT2D eigenvalue weighted by molar-refractivity contribution is -0.126. The summed E-state index contributed by atoms with van der Waals surface area (Å²) < 4.78 is 6.85. The molecule has 1 aliphatic rings. The predicted molar refractivity (Wildman–Crippen MR) is 86.2 cm³/mol. The van der Waals surface area contributed by atoms with Gasteiger partial charge in [0, 0.05) is 19.3 Å². The first-order chi connectivity index (χ1) is 11.7. The van der Waals surface area contributed by atoms with Crippen molar-refractivity contribution in [1.29, 1.82) is 0 Å². The molecule has 1 atom stereocenters. The molecule has 8 nitrogen and oxygen atoms in total. The van der Waals surface area contributed by atoms with Crippen LogP contribution in [0.4, 0.5) is 4.79 Å². The van der Waals surface area contributed by atoms with E-state index in [2.05, 4.69) is 15.5 Å². The molecule has 24 heavy (non-hydrogen) atoms. The quantitative estimate of drug-likeness (QED) is 0.910. The lowest BCUT2D eigenvalue weighted by Gasteiger charge is -2.31. The number of carbonyl (C=O) groups excluding carboxylic acids is 2. The third kappa shape index (κ3) is 3.47. The molecule has 1 unspecified atom stereocenters. The normalized spacial score (nSPS) is 17.7. The standard InChI is InChI=1S/C16H21N5O3/c1-2-24-16(23)20-8-5-6-12(11-20)15(22)17-10-14-19-18-13-7-3-4-9-21(13)14/h3-4,7,9,12H,2,5-6,8,10-11H2,1H3,(H,17,22). The zero-order valence-electron chi connectivity index (χ0n) is 13.6. The van der Waals surface area contributed by atoms with Crippen LogP contribution in [-0.2, 0) is 16.1 Å². The predicted octanol–water partition coefficient (Wildman–Crippen LogP) is 1.21. The van der Waals surface area contributed by atoms with Gasteiger partial charge >= 0.3 is 6.09 Å². The zero-order chi connectivity index (χ0) is 16.9. The summed E-state index contributed by atoms with van der Waals surface area (Å²) in [5.74, 6) is 0.385. The van der Waals surface area contributed by atoms with Crippen molar-refractivity contribution < 1.29 is 14.3 Å². The van der Waals surface area contributed by atoms with E-state index < -0.39 is 0 Å². The van der Waals surface area contributed by atoms with Crippen molar-refractivity contribution in [3.05, 3.63) is 30.2 Å². The number of pyridine rings is 1. The topological polar surface area (TPSA) is 88.8 Å². The van der Waals surface area contributed by atoms with E-state index in [0.717, 1.165) is 18.5 Å². The van der Waals surface area contributed by atoms with Crippen molar-refractivity contribution in [3.63, 3.8) is 0 Å². The first kappa shape index (κ1) is 16.2. The zero-order valence-corrected chi connectivity index (χ0v) is 13.6. The molecule has 1 fully saturated rings. The molecule has 0 aromatic carbocycles. The summed E-state index contributed by atoms with van der Waals surface area (Å²) in [7, 11) is 0. The summed E-state index contributed by atoms with van der Waals surface area (Å²) in [4.78, 5) is 25.8. The molecular weight excluding hydrogens is 310 g/mol. The van der Waals surface area contributed by atoms with Crippen LogP contribution >= 0.6 is 0 Å². The largest absolute Gasteiger partial charge is 0.450 e. The molecule has 1 aliphatic heterocycles. The van der Waals surface area contributed by atoms with Crippen molar-refractivity contribution in [3.8, 4) is 0 Å². The lowest BCUT2D eigenvalue weighted by atomic mass is 9.97. The van der Waals surface area contributed by atoms with Crippen molar-refractivity contribution in [2.24, 2.45) is 5.92 Å². The maximum absolute atomic E-state index is 12.4. The third-order valence-corrected chi connectivity index (χ3v) is 4.12. The molecule has 1 N–H and O–H groups in total. The van der Waals surface area contributed by atoms with Gasteiger partial charge in [-0.1, -0.05) is 6.07 Å². The minimum atomic E-state index is -0.349. The minimum absolute atomic E-state index is 0.0725. The summed E-state index contributed by atoms with van der Waals surface area (Å²) in [6.07, 6.45) is 3.07. The number of likely N-dealkylation sites (tertiary alicyclic amines) is 1. The number of hydrogen-bond donors (Lipinski definition) is 1. The number of nitrogens with one attached hydrogen (secondary N) is 1. The van der Waals surface area contributed by atoms with Crippen LogP contribution < -0.4 is 5.32 Å². The van der Waals surface area contributed by atoms with Gasteiger partial charge in [0.2, 0.25) is 5.91 Å². The smallest absolute Gasteiger partial charge is 0.409 e. The highest BCUT2D eigenvalue weighted by Crippen LogP contribution is 2.17. The van der Waals surface area contributed by atoms with E-state index in [0.29, 0.717) is 32.1 Å². The van der Waals surface area contributed by atoms with Crippen LogP contribution in [0, 0.1) is 5.92 Å². The van der Waals surface area contributed by atoms with Crippen LogP contribution in [-0.4, -0.2) is 51.2 Å². The van der Waals surface area contributed by atoms with Crippen LogP contribution in [0.1, 0.15) is 25.6 Å². The van der Waals surface area contributed by atoms with Gasteiger partial charge < -0.3 is 15.0 Å². The number of nitrogens with zero attached hydrogens (tertiary/aromatic N) is 4. The molecule has 0 spiro atoms. The third-order valence-electron chi connectivity index (χ3n) is 4.12. The van der Waals surface area contributed by atoms with Crippen LogP contribution in [0.2, 0.25) is 0 Å². The highest BCUT2D eigenvalue weighted by Gasteiger charge is 2.29. The van der Waals surface area contributed by atoms with E-state index in [9.17, 15) is 9.59 Å². The number of hydrogen-bond acceptors (Lipinski definition) is 5. The number of ether oxygens (including phenoxy) is 1. The molecular formula is C16H21N5O3. The van der Waals surface area contributed by atoms with Crippen molar-refractivity contribution in [1.82, 2.24) is 24.8 Å². The fourth-order valence-electron chi connectivity index (χ4n) is 2.89. The van der Waals surface area contributed by atoms with Gasteiger partial charge in [0.15, 0.2) is 11.5 Å². The second-order valence-electron chi connectivity index (χ2n) is 5.75. The fraction of sp³-hybridized carbons (Fsp3) is 0.500. The summed E-state index contributed by atoms with van der Waals surface area (Å²) in [5, 5.41) is 11.0. The first-order valence-electron chi connectivity index (χ1n) is 8.17. The molecule has 0 bridgehead atoms. The van der Waals surface area contributed by atoms with E-state index in [4.69, 9.17) is 4.74 Å². The number of fused-ring (bicyclic) bond motifs is 1. The summed E-state index contributed by atoms with van der Waals surface area (Å²) in [6, 6.07) is 5.63. The highest BCUT2D eigenvalue weighted by molar-refractivity contribution is 5.79. The Labute approximate surface area is 139 Å².